The molecule has 1 aliphatic heterocycles. The number of hydrogen-bond acceptors (Lipinski definition) is 7. The normalized spacial score (nSPS) is 14.2. The SMILES string of the molecule is CCOc1cc(/C=C2\SC(=O)N(CCOc3ccc(C)cc3)C2=O)cc(I)c1OC(=O)c1ccccc1Cl. The zero-order valence-corrected chi connectivity index (χ0v) is 24.3. The van der Waals surface area contributed by atoms with Gasteiger partial charge in [0.2, 0.25) is 0 Å². The molecule has 0 atom stereocenters. The average Bonchev–Trinajstić information content (AvgIpc) is 3.15. The highest BCUT2D eigenvalue weighted by atomic mass is 127. The number of carbonyl (C=O) groups is 3. The highest BCUT2D eigenvalue weighted by Crippen LogP contribution is 2.38. The topological polar surface area (TPSA) is 82.1 Å². The molecule has 1 heterocycles. The van der Waals surface area contributed by atoms with Crippen LogP contribution in [-0.2, 0) is 4.79 Å². The summed E-state index contributed by atoms with van der Waals surface area (Å²) in [5, 5.41) is -0.0825. The Morgan fingerprint density at radius 2 is 1.82 bits per heavy atom. The number of hydrogen-bond donors (Lipinski definition) is 0. The second-order valence-electron chi connectivity index (χ2n) is 8.13. The van der Waals surface area contributed by atoms with E-state index in [0.717, 1.165) is 17.3 Å². The van der Waals surface area contributed by atoms with Crippen molar-refractivity contribution in [1.29, 1.82) is 0 Å². The van der Waals surface area contributed by atoms with Gasteiger partial charge in [0.15, 0.2) is 11.5 Å². The molecule has 1 aliphatic rings. The lowest BCUT2D eigenvalue weighted by molar-refractivity contribution is -0.123. The van der Waals surface area contributed by atoms with Crippen LogP contribution in [0, 0.1) is 10.5 Å². The molecule has 2 amide bonds. The number of benzene rings is 3. The van der Waals surface area contributed by atoms with Crippen LogP contribution in [0.15, 0.2) is 65.6 Å². The van der Waals surface area contributed by atoms with Crippen LogP contribution in [0.5, 0.6) is 17.2 Å². The maximum Gasteiger partial charge on any atom is 0.345 e. The van der Waals surface area contributed by atoms with Crippen LogP contribution >= 0.6 is 46.0 Å². The van der Waals surface area contributed by atoms with E-state index < -0.39 is 11.9 Å². The summed E-state index contributed by atoms with van der Waals surface area (Å²) in [5.41, 5.74) is 1.97. The van der Waals surface area contributed by atoms with Crippen LogP contribution in [0.1, 0.15) is 28.4 Å². The van der Waals surface area contributed by atoms with Crippen molar-refractivity contribution in [2.24, 2.45) is 0 Å². The summed E-state index contributed by atoms with van der Waals surface area (Å²) in [6, 6.07) is 17.6. The van der Waals surface area contributed by atoms with Crippen LogP contribution in [0.2, 0.25) is 5.02 Å². The van der Waals surface area contributed by atoms with E-state index in [0.29, 0.717) is 27.2 Å². The van der Waals surface area contributed by atoms with Gasteiger partial charge < -0.3 is 14.2 Å². The molecule has 10 heteroatoms. The van der Waals surface area contributed by atoms with Crippen molar-refractivity contribution >= 4 is 69.1 Å². The molecule has 0 aliphatic carbocycles. The first-order valence-electron chi connectivity index (χ1n) is 11.6. The van der Waals surface area contributed by atoms with Crippen molar-refractivity contribution in [3.05, 3.63) is 90.9 Å². The lowest BCUT2D eigenvalue weighted by Gasteiger charge is -2.14. The standard InChI is InChI=1S/C28H23ClINO6S/c1-3-35-23-15-18(14-22(30)25(23)37-27(33)20-6-4-5-7-21(20)29)16-24-26(32)31(28(34)38-24)12-13-36-19-10-8-17(2)9-11-19/h4-11,14-16H,3,12-13H2,1-2H3/b24-16-. The quantitative estimate of drug-likeness (QED) is 0.106. The fourth-order valence-corrected chi connectivity index (χ4v) is 5.35. The highest BCUT2D eigenvalue weighted by molar-refractivity contribution is 14.1. The van der Waals surface area contributed by atoms with Gasteiger partial charge in [-0.1, -0.05) is 41.4 Å². The van der Waals surface area contributed by atoms with Crippen molar-refractivity contribution in [1.82, 2.24) is 4.90 Å². The van der Waals surface area contributed by atoms with Gasteiger partial charge in [0.25, 0.3) is 11.1 Å². The molecule has 4 rings (SSSR count). The predicted molar refractivity (Wildman–Crippen MR) is 156 cm³/mol. The molecule has 7 nitrogen and oxygen atoms in total. The van der Waals surface area contributed by atoms with Gasteiger partial charge >= 0.3 is 5.97 Å². The van der Waals surface area contributed by atoms with Gasteiger partial charge in [0, 0.05) is 0 Å². The van der Waals surface area contributed by atoms with Crippen molar-refractivity contribution < 1.29 is 28.6 Å². The monoisotopic (exact) mass is 663 g/mol. The maximum absolute atomic E-state index is 12.9. The maximum atomic E-state index is 12.9. The molecule has 196 valence electrons. The molecule has 3 aromatic carbocycles. The number of thioether (sulfide) groups is 1. The molecule has 0 aromatic heterocycles. The summed E-state index contributed by atoms with van der Waals surface area (Å²) in [4.78, 5) is 39.7. The third kappa shape index (κ3) is 6.69. The van der Waals surface area contributed by atoms with Gasteiger partial charge in [-0.3, -0.25) is 14.5 Å². The Bertz CT molecular complexity index is 1410. The van der Waals surface area contributed by atoms with E-state index in [1.165, 1.54) is 4.90 Å². The summed E-state index contributed by atoms with van der Waals surface area (Å²) in [7, 11) is 0. The Balaban J connectivity index is 1.49. The van der Waals surface area contributed by atoms with Crippen LogP contribution < -0.4 is 14.2 Å². The summed E-state index contributed by atoms with van der Waals surface area (Å²) in [6.45, 7) is 4.44. The third-order valence-corrected chi connectivity index (χ3v) is 7.43. The summed E-state index contributed by atoms with van der Waals surface area (Å²) in [5.74, 6) is 0.241. The number of amides is 2. The number of halogens is 2. The Morgan fingerprint density at radius 1 is 1.08 bits per heavy atom. The van der Waals surface area contributed by atoms with E-state index in [2.05, 4.69) is 0 Å². The van der Waals surface area contributed by atoms with Crippen molar-refractivity contribution in [2.75, 3.05) is 19.8 Å². The first-order valence-corrected chi connectivity index (χ1v) is 13.9. The van der Waals surface area contributed by atoms with Crippen LogP contribution in [0.3, 0.4) is 0 Å². The smallest absolute Gasteiger partial charge is 0.345 e. The number of ether oxygens (including phenoxy) is 3. The van der Waals surface area contributed by atoms with E-state index >= 15 is 0 Å². The lowest BCUT2D eigenvalue weighted by Crippen LogP contribution is -2.32. The first-order chi connectivity index (χ1) is 18.3. The Morgan fingerprint density at radius 3 is 2.53 bits per heavy atom. The molecule has 0 saturated carbocycles. The van der Waals surface area contributed by atoms with Gasteiger partial charge in [-0.2, -0.15) is 0 Å². The van der Waals surface area contributed by atoms with Crippen LogP contribution in [0.25, 0.3) is 6.08 Å². The minimum absolute atomic E-state index is 0.133. The Kier molecular flexibility index (Phi) is 9.35. The van der Waals surface area contributed by atoms with E-state index in [1.807, 2.05) is 60.7 Å². The summed E-state index contributed by atoms with van der Waals surface area (Å²) in [6.07, 6.45) is 1.62. The third-order valence-electron chi connectivity index (χ3n) is 5.40. The van der Waals surface area contributed by atoms with Gasteiger partial charge in [-0.15, -0.1) is 0 Å². The molecule has 1 saturated heterocycles. The van der Waals surface area contributed by atoms with Crippen molar-refractivity contribution in [2.45, 2.75) is 13.8 Å². The van der Waals surface area contributed by atoms with Crippen LogP contribution in [0.4, 0.5) is 4.79 Å². The number of esters is 1. The molecule has 0 bridgehead atoms. The number of nitrogens with zero attached hydrogens (tertiary/aromatic N) is 1. The van der Waals surface area contributed by atoms with E-state index in [-0.39, 0.29) is 39.6 Å². The molecule has 0 N–H and O–H groups in total. The molecule has 0 radical (unpaired) electrons. The Hall–Kier alpha value is -3.02. The van der Waals surface area contributed by atoms with Crippen molar-refractivity contribution in [3.8, 4) is 17.2 Å². The molecule has 1 fully saturated rings. The predicted octanol–water partition coefficient (Wildman–Crippen LogP) is 6.99. The van der Waals surface area contributed by atoms with Crippen LogP contribution in [-0.4, -0.2) is 41.8 Å². The second kappa shape index (κ2) is 12.7. The number of carbonyl (C=O) groups excluding carboxylic acids is 3. The molecule has 0 spiro atoms. The molecule has 0 unspecified atom stereocenters. The van der Waals surface area contributed by atoms with Gasteiger partial charge in [0.1, 0.15) is 12.4 Å². The van der Waals surface area contributed by atoms with E-state index in [9.17, 15) is 14.4 Å². The van der Waals surface area contributed by atoms with Gasteiger partial charge in [-0.05, 0) is 96.2 Å². The second-order valence-corrected chi connectivity index (χ2v) is 10.7. The van der Waals surface area contributed by atoms with Crippen molar-refractivity contribution in [3.63, 3.8) is 0 Å². The fraction of sp³-hybridized carbons (Fsp3) is 0.179. The molecular weight excluding hydrogens is 641 g/mol. The Labute approximate surface area is 243 Å². The van der Waals surface area contributed by atoms with E-state index in [1.54, 1.807) is 42.5 Å². The molecule has 38 heavy (non-hydrogen) atoms. The van der Waals surface area contributed by atoms with E-state index in [4.69, 9.17) is 25.8 Å². The minimum atomic E-state index is -0.615. The molecule has 3 aromatic rings. The lowest BCUT2D eigenvalue weighted by atomic mass is 10.1. The zero-order valence-electron chi connectivity index (χ0n) is 20.5. The largest absolute Gasteiger partial charge is 0.492 e. The fourth-order valence-electron chi connectivity index (χ4n) is 3.54. The highest BCUT2D eigenvalue weighted by Gasteiger charge is 2.35. The number of rotatable bonds is 9. The number of imide groups is 1. The molecular formula is C28H23ClINO6S. The zero-order chi connectivity index (χ0) is 27.2. The number of aryl methyl sites for hydroxylation is 1. The summed E-state index contributed by atoms with van der Waals surface area (Å²) >= 11 is 9.03. The summed E-state index contributed by atoms with van der Waals surface area (Å²) < 4.78 is 17.6. The first kappa shape index (κ1) is 28.0. The minimum Gasteiger partial charge on any atom is -0.492 e. The average molecular weight is 664 g/mol. The van der Waals surface area contributed by atoms with Gasteiger partial charge in [0.05, 0.1) is 32.2 Å². The van der Waals surface area contributed by atoms with Gasteiger partial charge in [-0.25, -0.2) is 4.79 Å².